The molecule has 1 aliphatic heterocycles. The minimum atomic E-state index is 0.0648. The Morgan fingerprint density at radius 2 is 1.92 bits per heavy atom. The Morgan fingerprint density at radius 1 is 1.21 bits per heavy atom. The van der Waals surface area contributed by atoms with E-state index in [1.54, 1.807) is 12.3 Å². The lowest BCUT2D eigenvalue weighted by Crippen LogP contribution is -2.17. The molecule has 1 saturated heterocycles. The molecule has 6 heteroatoms. The quantitative estimate of drug-likeness (QED) is 0.640. The van der Waals surface area contributed by atoms with Crippen LogP contribution in [0.3, 0.4) is 0 Å². The van der Waals surface area contributed by atoms with Crippen LogP contribution in [0.25, 0.3) is 0 Å². The number of hydrogen-bond acceptors (Lipinski definition) is 4. The molecule has 0 aliphatic carbocycles. The summed E-state index contributed by atoms with van der Waals surface area (Å²) in [6, 6.07) is 9.80. The number of rotatable bonds is 4. The first-order valence-electron chi connectivity index (χ1n) is 7.75. The molecule has 24 heavy (non-hydrogen) atoms. The van der Waals surface area contributed by atoms with Crippen molar-refractivity contribution in [2.75, 3.05) is 25.1 Å². The van der Waals surface area contributed by atoms with E-state index in [9.17, 15) is 5.11 Å². The summed E-state index contributed by atoms with van der Waals surface area (Å²) < 4.78 is 6.74. The van der Waals surface area contributed by atoms with Crippen LogP contribution in [0.1, 0.15) is 18.4 Å². The third-order valence-electron chi connectivity index (χ3n) is 4.07. The zero-order valence-electron chi connectivity index (χ0n) is 13.3. The highest BCUT2D eigenvalue weighted by Crippen LogP contribution is 2.40. The highest BCUT2D eigenvalue weighted by atomic mass is 79.9. The minimum Gasteiger partial charge on any atom is -0.504 e. The third-order valence-corrected chi connectivity index (χ3v) is 6.09. The molecule has 0 radical (unpaired) electrons. The Balaban J connectivity index is 1.99. The van der Waals surface area contributed by atoms with Gasteiger partial charge in [0.15, 0.2) is 11.5 Å². The summed E-state index contributed by atoms with van der Waals surface area (Å²) >= 11 is 6.95. The third kappa shape index (κ3) is 3.44. The number of benzene rings is 2. The zero-order valence-corrected chi connectivity index (χ0v) is 16.5. The maximum atomic E-state index is 10.4. The molecule has 2 aromatic carbocycles. The van der Waals surface area contributed by atoms with Crippen molar-refractivity contribution in [1.29, 1.82) is 0 Å². The Morgan fingerprint density at radius 3 is 2.62 bits per heavy atom. The molecule has 0 atom stereocenters. The Labute approximate surface area is 158 Å². The van der Waals surface area contributed by atoms with Crippen molar-refractivity contribution >= 4 is 49.4 Å². The monoisotopic (exact) mass is 452 g/mol. The van der Waals surface area contributed by atoms with E-state index >= 15 is 0 Å². The second-order valence-corrected chi connectivity index (χ2v) is 7.23. The maximum absolute atomic E-state index is 10.4. The fourth-order valence-corrected chi connectivity index (χ4v) is 3.64. The van der Waals surface area contributed by atoms with Crippen LogP contribution < -0.4 is 9.64 Å². The first kappa shape index (κ1) is 17.3. The maximum Gasteiger partial charge on any atom is 0.167 e. The van der Waals surface area contributed by atoms with Crippen LogP contribution in [-0.2, 0) is 0 Å². The normalized spacial score (nSPS) is 14.5. The van der Waals surface area contributed by atoms with Crippen LogP contribution >= 0.6 is 31.9 Å². The van der Waals surface area contributed by atoms with E-state index in [2.05, 4.69) is 47.8 Å². The van der Waals surface area contributed by atoms with Gasteiger partial charge in [0.2, 0.25) is 0 Å². The SMILES string of the molecule is COc1cc(Br)c(Br)c(C=Nc2ccccc2N2CCCC2)c1O. The van der Waals surface area contributed by atoms with Crippen LogP contribution in [0, 0.1) is 0 Å². The number of methoxy groups -OCH3 is 1. The van der Waals surface area contributed by atoms with Crippen molar-refractivity contribution in [3.8, 4) is 11.5 Å². The largest absolute Gasteiger partial charge is 0.504 e. The van der Waals surface area contributed by atoms with Gasteiger partial charge in [-0.15, -0.1) is 0 Å². The molecular formula is C18H18Br2N2O2. The Hall–Kier alpha value is -1.53. The van der Waals surface area contributed by atoms with Gasteiger partial charge in [-0.3, -0.25) is 4.99 Å². The number of halogens is 2. The van der Waals surface area contributed by atoms with Gasteiger partial charge in [-0.25, -0.2) is 0 Å². The van der Waals surface area contributed by atoms with Crippen molar-refractivity contribution in [2.45, 2.75) is 12.8 Å². The van der Waals surface area contributed by atoms with E-state index in [-0.39, 0.29) is 5.75 Å². The standard InChI is InChI=1S/C18H18Br2N2O2/c1-24-16-10-13(19)17(20)12(18(16)23)11-21-14-6-2-3-7-15(14)22-8-4-5-9-22/h2-3,6-7,10-11,23H,4-5,8-9H2,1H3. The number of nitrogens with zero attached hydrogens (tertiary/aromatic N) is 2. The number of phenols is 1. The molecule has 0 saturated carbocycles. The lowest BCUT2D eigenvalue weighted by atomic mass is 10.2. The van der Waals surface area contributed by atoms with Gasteiger partial charge in [0.05, 0.1) is 24.0 Å². The number of aliphatic imine (C=N–C) groups is 1. The fraction of sp³-hybridized carbons (Fsp3) is 0.278. The van der Waals surface area contributed by atoms with Crippen LogP contribution in [-0.4, -0.2) is 31.5 Å². The zero-order chi connectivity index (χ0) is 17.1. The summed E-state index contributed by atoms with van der Waals surface area (Å²) in [7, 11) is 1.53. The number of hydrogen-bond donors (Lipinski definition) is 1. The summed E-state index contributed by atoms with van der Waals surface area (Å²) in [5, 5.41) is 10.4. The van der Waals surface area contributed by atoms with Gasteiger partial charge >= 0.3 is 0 Å². The lowest BCUT2D eigenvalue weighted by Gasteiger charge is -2.19. The molecule has 1 aliphatic rings. The molecule has 0 spiro atoms. The molecule has 0 bridgehead atoms. The highest BCUT2D eigenvalue weighted by molar-refractivity contribution is 9.13. The smallest absolute Gasteiger partial charge is 0.167 e. The van der Waals surface area contributed by atoms with Crippen molar-refractivity contribution < 1.29 is 9.84 Å². The van der Waals surface area contributed by atoms with Crippen molar-refractivity contribution in [3.63, 3.8) is 0 Å². The average Bonchev–Trinajstić information content (AvgIpc) is 3.13. The van der Waals surface area contributed by atoms with Gasteiger partial charge in [0, 0.05) is 28.2 Å². The van der Waals surface area contributed by atoms with Gasteiger partial charge in [-0.1, -0.05) is 12.1 Å². The first-order valence-corrected chi connectivity index (χ1v) is 9.33. The molecule has 0 amide bonds. The summed E-state index contributed by atoms with van der Waals surface area (Å²) in [4.78, 5) is 6.98. The summed E-state index contributed by atoms with van der Waals surface area (Å²) in [6.07, 6.45) is 4.10. The topological polar surface area (TPSA) is 45.1 Å². The van der Waals surface area contributed by atoms with E-state index in [4.69, 9.17) is 4.74 Å². The van der Waals surface area contributed by atoms with Crippen molar-refractivity contribution in [3.05, 3.63) is 44.8 Å². The van der Waals surface area contributed by atoms with Gasteiger partial charge < -0.3 is 14.7 Å². The summed E-state index contributed by atoms with van der Waals surface area (Å²) in [6.45, 7) is 2.12. The molecular weight excluding hydrogens is 436 g/mol. The molecule has 2 aromatic rings. The molecule has 0 unspecified atom stereocenters. The van der Waals surface area contributed by atoms with E-state index in [1.165, 1.54) is 20.0 Å². The van der Waals surface area contributed by atoms with Crippen LogP contribution in [0.2, 0.25) is 0 Å². The second-order valence-electron chi connectivity index (χ2n) is 5.58. The van der Waals surface area contributed by atoms with Crippen molar-refractivity contribution in [2.24, 2.45) is 4.99 Å². The fourth-order valence-electron chi connectivity index (χ4n) is 2.82. The average molecular weight is 454 g/mol. The number of phenolic OH excluding ortho intramolecular Hbond substituents is 1. The van der Waals surface area contributed by atoms with Crippen LogP contribution in [0.4, 0.5) is 11.4 Å². The highest BCUT2D eigenvalue weighted by Gasteiger charge is 2.16. The predicted molar refractivity (Wildman–Crippen MR) is 105 cm³/mol. The summed E-state index contributed by atoms with van der Waals surface area (Å²) in [5.41, 5.74) is 2.60. The minimum absolute atomic E-state index is 0.0648. The van der Waals surface area contributed by atoms with E-state index < -0.39 is 0 Å². The van der Waals surface area contributed by atoms with Gasteiger partial charge in [0.25, 0.3) is 0 Å². The van der Waals surface area contributed by atoms with E-state index in [0.717, 1.165) is 33.4 Å². The van der Waals surface area contributed by atoms with Gasteiger partial charge in [-0.2, -0.15) is 0 Å². The summed E-state index contributed by atoms with van der Waals surface area (Å²) in [5.74, 6) is 0.467. The van der Waals surface area contributed by atoms with Crippen LogP contribution in [0.5, 0.6) is 11.5 Å². The molecule has 1 N–H and O–H groups in total. The van der Waals surface area contributed by atoms with Gasteiger partial charge in [0.1, 0.15) is 0 Å². The van der Waals surface area contributed by atoms with Crippen LogP contribution in [0.15, 0.2) is 44.3 Å². The molecule has 0 aromatic heterocycles. The molecule has 3 rings (SSSR count). The van der Waals surface area contributed by atoms with E-state index in [1.807, 2.05) is 18.2 Å². The Kier molecular flexibility index (Phi) is 5.46. The number of aromatic hydroxyl groups is 1. The second kappa shape index (κ2) is 7.57. The molecule has 4 nitrogen and oxygen atoms in total. The van der Waals surface area contributed by atoms with E-state index in [0.29, 0.717) is 11.3 Å². The molecule has 1 fully saturated rings. The van der Waals surface area contributed by atoms with Gasteiger partial charge in [-0.05, 0) is 62.9 Å². The number of para-hydroxylation sites is 2. The van der Waals surface area contributed by atoms with Crippen molar-refractivity contribution in [1.82, 2.24) is 0 Å². The molecule has 126 valence electrons. The number of ether oxygens (including phenoxy) is 1. The number of anilines is 1. The first-order chi connectivity index (χ1) is 11.6. The lowest BCUT2D eigenvalue weighted by molar-refractivity contribution is 0.372. The Bertz CT molecular complexity index is 772. The molecule has 1 heterocycles. The predicted octanol–water partition coefficient (Wildman–Crippen LogP) is 5.28.